The molecule has 0 aliphatic carbocycles. The molecule has 0 radical (unpaired) electrons. The topological polar surface area (TPSA) is 58.2 Å². The van der Waals surface area contributed by atoms with Crippen LogP contribution in [-0.4, -0.2) is 31.3 Å². The Kier molecular flexibility index (Phi) is 5.69. The molecule has 1 aliphatic rings. The second-order valence-electron chi connectivity index (χ2n) is 5.38. The van der Waals surface area contributed by atoms with Gasteiger partial charge in [0.25, 0.3) is 0 Å². The van der Waals surface area contributed by atoms with Crippen molar-refractivity contribution in [2.45, 2.75) is 26.2 Å². The van der Waals surface area contributed by atoms with E-state index in [1.807, 2.05) is 31.2 Å². The monoisotopic (exact) mass is 286 g/mol. The molecule has 1 aromatic rings. The SMILES string of the molecule is Cc1ccc(C(=O)CCC(=O)NCC2=CCNCC2)cc1. The summed E-state index contributed by atoms with van der Waals surface area (Å²) in [6, 6.07) is 7.46. The van der Waals surface area contributed by atoms with Gasteiger partial charge in [0.2, 0.25) is 5.91 Å². The lowest BCUT2D eigenvalue weighted by atomic mass is 10.0. The van der Waals surface area contributed by atoms with Crippen molar-refractivity contribution in [2.75, 3.05) is 19.6 Å². The number of nitrogens with one attached hydrogen (secondary N) is 2. The van der Waals surface area contributed by atoms with E-state index >= 15 is 0 Å². The van der Waals surface area contributed by atoms with Gasteiger partial charge in [0.05, 0.1) is 0 Å². The van der Waals surface area contributed by atoms with E-state index in [-0.39, 0.29) is 24.5 Å². The Labute approximate surface area is 125 Å². The van der Waals surface area contributed by atoms with E-state index in [1.54, 1.807) is 0 Å². The first-order chi connectivity index (χ1) is 10.1. The number of hydrogen-bond donors (Lipinski definition) is 2. The first-order valence-electron chi connectivity index (χ1n) is 7.40. The van der Waals surface area contributed by atoms with Gasteiger partial charge in [0, 0.05) is 31.5 Å². The number of carbonyl (C=O) groups excluding carboxylic acids is 2. The van der Waals surface area contributed by atoms with Crippen molar-refractivity contribution in [3.63, 3.8) is 0 Å². The van der Waals surface area contributed by atoms with E-state index < -0.39 is 0 Å². The molecule has 0 fully saturated rings. The van der Waals surface area contributed by atoms with Crippen LogP contribution in [0.5, 0.6) is 0 Å². The first kappa shape index (κ1) is 15.4. The molecule has 2 rings (SSSR count). The molecule has 0 aromatic heterocycles. The van der Waals surface area contributed by atoms with Crippen LogP contribution in [0.2, 0.25) is 0 Å². The van der Waals surface area contributed by atoms with E-state index in [4.69, 9.17) is 0 Å². The number of hydrogen-bond acceptors (Lipinski definition) is 3. The van der Waals surface area contributed by atoms with Crippen LogP contribution in [0.25, 0.3) is 0 Å². The summed E-state index contributed by atoms with van der Waals surface area (Å²) in [5.74, 6) is -0.0406. The van der Waals surface area contributed by atoms with Crippen LogP contribution in [0.4, 0.5) is 0 Å². The predicted octanol–water partition coefficient (Wildman–Crippen LogP) is 1.99. The lowest BCUT2D eigenvalue weighted by Crippen LogP contribution is -2.29. The minimum Gasteiger partial charge on any atom is -0.352 e. The summed E-state index contributed by atoms with van der Waals surface area (Å²) in [4.78, 5) is 23.7. The van der Waals surface area contributed by atoms with Crippen molar-refractivity contribution in [1.82, 2.24) is 10.6 Å². The van der Waals surface area contributed by atoms with Gasteiger partial charge in [-0.3, -0.25) is 9.59 Å². The average molecular weight is 286 g/mol. The van der Waals surface area contributed by atoms with Gasteiger partial charge in [-0.05, 0) is 19.9 Å². The first-order valence-corrected chi connectivity index (χ1v) is 7.40. The number of amides is 1. The number of ketones is 1. The lowest BCUT2D eigenvalue weighted by molar-refractivity contribution is -0.120. The number of aryl methyl sites for hydroxylation is 1. The molecule has 4 heteroatoms. The van der Waals surface area contributed by atoms with Crippen LogP contribution in [0.3, 0.4) is 0 Å². The molecule has 1 aliphatic heterocycles. The molecule has 1 heterocycles. The fourth-order valence-corrected chi connectivity index (χ4v) is 2.24. The van der Waals surface area contributed by atoms with Gasteiger partial charge < -0.3 is 10.6 Å². The smallest absolute Gasteiger partial charge is 0.220 e. The van der Waals surface area contributed by atoms with Gasteiger partial charge in [-0.15, -0.1) is 0 Å². The molecular weight excluding hydrogens is 264 g/mol. The third-order valence-corrected chi connectivity index (χ3v) is 3.62. The van der Waals surface area contributed by atoms with Crippen LogP contribution in [0.15, 0.2) is 35.9 Å². The highest BCUT2D eigenvalue weighted by Crippen LogP contribution is 2.08. The number of benzene rings is 1. The van der Waals surface area contributed by atoms with Crippen LogP contribution < -0.4 is 10.6 Å². The number of rotatable bonds is 6. The van der Waals surface area contributed by atoms with Crippen LogP contribution >= 0.6 is 0 Å². The Balaban J connectivity index is 1.72. The highest BCUT2D eigenvalue weighted by Gasteiger charge is 2.10. The molecule has 0 atom stereocenters. The summed E-state index contributed by atoms with van der Waals surface area (Å²) in [5.41, 5.74) is 3.06. The minimum absolute atomic E-state index is 0.0197. The summed E-state index contributed by atoms with van der Waals surface area (Å²) in [7, 11) is 0. The highest BCUT2D eigenvalue weighted by atomic mass is 16.2. The van der Waals surface area contributed by atoms with E-state index in [0.717, 1.165) is 25.1 Å². The molecule has 0 saturated heterocycles. The largest absolute Gasteiger partial charge is 0.352 e. The van der Waals surface area contributed by atoms with Crippen LogP contribution in [0.1, 0.15) is 35.2 Å². The molecule has 0 saturated carbocycles. The van der Waals surface area contributed by atoms with Gasteiger partial charge in [-0.1, -0.05) is 41.5 Å². The van der Waals surface area contributed by atoms with Crippen molar-refractivity contribution < 1.29 is 9.59 Å². The van der Waals surface area contributed by atoms with Gasteiger partial charge in [0.1, 0.15) is 0 Å². The zero-order valence-corrected chi connectivity index (χ0v) is 12.4. The second-order valence-corrected chi connectivity index (χ2v) is 5.38. The van der Waals surface area contributed by atoms with Crippen molar-refractivity contribution in [3.05, 3.63) is 47.0 Å². The van der Waals surface area contributed by atoms with Crippen molar-refractivity contribution in [3.8, 4) is 0 Å². The Morgan fingerprint density at radius 1 is 1.19 bits per heavy atom. The summed E-state index contributed by atoms with van der Waals surface area (Å²) in [6.45, 7) is 4.42. The maximum Gasteiger partial charge on any atom is 0.220 e. The summed E-state index contributed by atoms with van der Waals surface area (Å²) < 4.78 is 0. The maximum atomic E-state index is 12.0. The molecular formula is C17H22N2O2. The molecule has 2 N–H and O–H groups in total. The van der Waals surface area contributed by atoms with Crippen LogP contribution in [0, 0.1) is 6.92 Å². The molecule has 0 unspecified atom stereocenters. The molecule has 112 valence electrons. The van der Waals surface area contributed by atoms with Crippen LogP contribution in [-0.2, 0) is 4.79 Å². The quantitative estimate of drug-likeness (QED) is 0.621. The van der Waals surface area contributed by atoms with Crippen molar-refractivity contribution >= 4 is 11.7 Å². The molecule has 1 aromatic carbocycles. The molecule has 0 bridgehead atoms. The Bertz CT molecular complexity index is 532. The highest BCUT2D eigenvalue weighted by molar-refractivity contribution is 5.97. The van der Waals surface area contributed by atoms with E-state index in [2.05, 4.69) is 16.7 Å². The second kappa shape index (κ2) is 7.74. The molecule has 0 spiro atoms. The summed E-state index contributed by atoms with van der Waals surface area (Å²) >= 11 is 0. The number of Topliss-reactive ketones (excluding diaryl/α,β-unsaturated/α-hetero) is 1. The Morgan fingerprint density at radius 2 is 1.95 bits per heavy atom. The van der Waals surface area contributed by atoms with E-state index in [1.165, 1.54) is 5.57 Å². The van der Waals surface area contributed by atoms with E-state index in [9.17, 15) is 9.59 Å². The third kappa shape index (κ3) is 5.16. The van der Waals surface area contributed by atoms with Crippen molar-refractivity contribution in [2.24, 2.45) is 0 Å². The summed E-state index contributed by atoms with van der Waals surface area (Å²) in [5, 5.41) is 6.11. The molecule has 1 amide bonds. The zero-order valence-electron chi connectivity index (χ0n) is 12.4. The zero-order chi connectivity index (χ0) is 15.1. The van der Waals surface area contributed by atoms with Gasteiger partial charge in [-0.2, -0.15) is 0 Å². The molecule has 21 heavy (non-hydrogen) atoms. The van der Waals surface area contributed by atoms with E-state index in [0.29, 0.717) is 12.1 Å². The average Bonchev–Trinajstić information content (AvgIpc) is 2.52. The minimum atomic E-state index is -0.0603. The predicted molar refractivity (Wildman–Crippen MR) is 83.3 cm³/mol. The van der Waals surface area contributed by atoms with Gasteiger partial charge in [0.15, 0.2) is 5.78 Å². The third-order valence-electron chi connectivity index (χ3n) is 3.62. The fourth-order valence-electron chi connectivity index (χ4n) is 2.24. The summed E-state index contributed by atoms with van der Waals surface area (Å²) in [6.07, 6.45) is 3.59. The lowest BCUT2D eigenvalue weighted by Gasteiger charge is -2.14. The number of carbonyl (C=O) groups is 2. The molecule has 4 nitrogen and oxygen atoms in total. The Hall–Kier alpha value is -1.94. The van der Waals surface area contributed by atoms with Crippen molar-refractivity contribution in [1.29, 1.82) is 0 Å². The fraction of sp³-hybridized carbons (Fsp3) is 0.412. The van der Waals surface area contributed by atoms with Gasteiger partial charge in [-0.25, -0.2) is 0 Å². The Morgan fingerprint density at radius 3 is 2.62 bits per heavy atom. The maximum absolute atomic E-state index is 12.0. The normalized spacial score (nSPS) is 14.4. The standard InChI is InChI=1S/C17H22N2O2/c1-13-2-4-15(5-3-13)16(20)6-7-17(21)19-12-14-8-10-18-11-9-14/h2-5,8,18H,6-7,9-12H2,1H3,(H,19,21). The van der Waals surface area contributed by atoms with Gasteiger partial charge >= 0.3 is 0 Å².